The Kier molecular flexibility index (Phi) is 6.65. The van der Waals surface area contributed by atoms with E-state index in [9.17, 15) is 9.59 Å². The van der Waals surface area contributed by atoms with Crippen LogP contribution < -0.4 is 20.1 Å². The Hall–Kier alpha value is -3.58. The molecule has 0 fully saturated rings. The average Bonchev–Trinajstić information content (AvgIpc) is 3.27. The summed E-state index contributed by atoms with van der Waals surface area (Å²) < 4.78 is 10.8. The quantitative estimate of drug-likeness (QED) is 0.557. The Labute approximate surface area is 172 Å². The number of benzene rings is 2. The molecule has 1 aromatic heterocycles. The SMILES string of the molecule is COc1cc(NC(=O)c2ccccc2)c(OC)cc1NC(=O)/C=C/c1cccs1. The molecular weight excluding hydrogens is 388 g/mol. The maximum Gasteiger partial charge on any atom is 0.255 e. The fourth-order valence-electron chi connectivity index (χ4n) is 2.60. The molecule has 1 heterocycles. The number of amides is 2. The molecule has 0 saturated heterocycles. The number of methoxy groups -OCH3 is 2. The Balaban J connectivity index is 1.80. The number of carbonyl (C=O) groups excluding carboxylic acids is 2. The number of thiophene rings is 1. The zero-order chi connectivity index (χ0) is 20.6. The minimum atomic E-state index is -0.306. The lowest BCUT2D eigenvalue weighted by atomic mass is 10.2. The van der Waals surface area contributed by atoms with Gasteiger partial charge in [0.2, 0.25) is 5.91 Å². The number of rotatable bonds is 7. The normalized spacial score (nSPS) is 10.6. The molecule has 0 unspecified atom stereocenters. The Morgan fingerprint density at radius 1 is 0.897 bits per heavy atom. The third-order valence-electron chi connectivity index (χ3n) is 4.01. The molecule has 0 bridgehead atoms. The largest absolute Gasteiger partial charge is 0.494 e. The molecule has 0 aliphatic rings. The van der Waals surface area contributed by atoms with E-state index in [0.29, 0.717) is 28.4 Å². The average molecular weight is 408 g/mol. The molecule has 3 rings (SSSR count). The van der Waals surface area contributed by atoms with Crippen molar-refractivity contribution in [2.75, 3.05) is 24.9 Å². The van der Waals surface area contributed by atoms with Gasteiger partial charge in [-0.2, -0.15) is 0 Å². The molecule has 0 saturated carbocycles. The van der Waals surface area contributed by atoms with Gasteiger partial charge in [-0.3, -0.25) is 9.59 Å². The topological polar surface area (TPSA) is 76.7 Å². The van der Waals surface area contributed by atoms with Crippen LogP contribution in [-0.4, -0.2) is 26.0 Å². The van der Waals surface area contributed by atoms with Gasteiger partial charge < -0.3 is 20.1 Å². The highest BCUT2D eigenvalue weighted by Gasteiger charge is 2.15. The van der Waals surface area contributed by atoms with Crippen LogP contribution in [0.5, 0.6) is 11.5 Å². The van der Waals surface area contributed by atoms with E-state index in [4.69, 9.17) is 9.47 Å². The third-order valence-corrected chi connectivity index (χ3v) is 4.84. The van der Waals surface area contributed by atoms with E-state index in [1.54, 1.807) is 42.5 Å². The van der Waals surface area contributed by atoms with E-state index in [0.717, 1.165) is 4.88 Å². The van der Waals surface area contributed by atoms with Gasteiger partial charge in [0.25, 0.3) is 5.91 Å². The summed E-state index contributed by atoms with van der Waals surface area (Å²) in [5, 5.41) is 7.52. The summed E-state index contributed by atoms with van der Waals surface area (Å²) in [6.07, 6.45) is 3.18. The van der Waals surface area contributed by atoms with E-state index in [2.05, 4.69) is 10.6 Å². The van der Waals surface area contributed by atoms with Crippen LogP contribution in [0.4, 0.5) is 11.4 Å². The predicted octanol–water partition coefficient (Wildman–Crippen LogP) is 4.67. The highest BCUT2D eigenvalue weighted by molar-refractivity contribution is 7.10. The molecule has 2 N–H and O–H groups in total. The van der Waals surface area contributed by atoms with E-state index in [1.165, 1.54) is 31.6 Å². The monoisotopic (exact) mass is 408 g/mol. The molecule has 7 heteroatoms. The molecule has 0 aliphatic heterocycles. The van der Waals surface area contributed by atoms with Crippen molar-refractivity contribution in [2.45, 2.75) is 0 Å². The molecule has 3 aromatic rings. The number of ether oxygens (including phenoxy) is 2. The van der Waals surface area contributed by atoms with Gasteiger partial charge in [-0.1, -0.05) is 24.3 Å². The van der Waals surface area contributed by atoms with Crippen molar-refractivity contribution in [2.24, 2.45) is 0 Å². The van der Waals surface area contributed by atoms with Crippen LogP contribution in [0.1, 0.15) is 15.2 Å². The van der Waals surface area contributed by atoms with Crippen molar-refractivity contribution < 1.29 is 19.1 Å². The van der Waals surface area contributed by atoms with Crippen LogP contribution in [0.2, 0.25) is 0 Å². The second-order valence-electron chi connectivity index (χ2n) is 5.91. The molecule has 148 valence electrons. The van der Waals surface area contributed by atoms with Crippen molar-refractivity contribution in [3.05, 3.63) is 76.5 Å². The highest BCUT2D eigenvalue weighted by atomic mass is 32.1. The standard InChI is InChI=1S/C22H20N2O4S/c1-27-19-14-18(24-22(26)15-7-4-3-5-8-15)20(28-2)13-17(19)23-21(25)11-10-16-9-6-12-29-16/h3-14H,1-2H3,(H,23,25)(H,24,26)/b11-10+. The minimum Gasteiger partial charge on any atom is -0.494 e. The van der Waals surface area contributed by atoms with Crippen molar-refractivity contribution in [3.63, 3.8) is 0 Å². The first-order valence-electron chi connectivity index (χ1n) is 8.75. The van der Waals surface area contributed by atoms with Crippen molar-refractivity contribution >= 4 is 40.6 Å². The maximum absolute atomic E-state index is 12.5. The number of hydrogen-bond donors (Lipinski definition) is 2. The summed E-state index contributed by atoms with van der Waals surface area (Å²) in [5.41, 5.74) is 1.39. The zero-order valence-electron chi connectivity index (χ0n) is 16.0. The molecule has 2 aromatic carbocycles. The van der Waals surface area contributed by atoms with Crippen molar-refractivity contribution in [1.29, 1.82) is 0 Å². The lowest BCUT2D eigenvalue weighted by Gasteiger charge is -2.16. The van der Waals surface area contributed by atoms with E-state index >= 15 is 0 Å². The van der Waals surface area contributed by atoms with E-state index in [-0.39, 0.29) is 11.8 Å². The van der Waals surface area contributed by atoms with Crippen LogP contribution in [0, 0.1) is 0 Å². The Morgan fingerprint density at radius 3 is 2.14 bits per heavy atom. The molecule has 29 heavy (non-hydrogen) atoms. The zero-order valence-corrected chi connectivity index (χ0v) is 16.8. The fourth-order valence-corrected chi connectivity index (χ4v) is 3.21. The molecule has 0 aliphatic carbocycles. The molecule has 2 amide bonds. The van der Waals surface area contributed by atoms with Crippen LogP contribution in [-0.2, 0) is 4.79 Å². The molecule has 0 atom stereocenters. The van der Waals surface area contributed by atoms with Crippen LogP contribution >= 0.6 is 11.3 Å². The lowest BCUT2D eigenvalue weighted by molar-refractivity contribution is -0.111. The Bertz CT molecular complexity index is 1010. The summed E-state index contributed by atoms with van der Waals surface area (Å²) in [4.78, 5) is 25.7. The number of carbonyl (C=O) groups is 2. The van der Waals surface area contributed by atoms with Gasteiger partial charge in [-0.25, -0.2) is 0 Å². The molecule has 6 nitrogen and oxygen atoms in total. The highest BCUT2D eigenvalue weighted by Crippen LogP contribution is 2.36. The van der Waals surface area contributed by atoms with Gasteiger partial charge in [0.15, 0.2) is 0 Å². The second-order valence-corrected chi connectivity index (χ2v) is 6.89. The molecule has 0 radical (unpaired) electrons. The van der Waals surface area contributed by atoms with E-state index in [1.807, 2.05) is 23.6 Å². The number of hydrogen-bond acceptors (Lipinski definition) is 5. The summed E-state index contributed by atoms with van der Waals surface area (Å²) in [7, 11) is 2.98. The van der Waals surface area contributed by atoms with Crippen LogP contribution in [0.25, 0.3) is 6.08 Å². The van der Waals surface area contributed by atoms with Crippen molar-refractivity contribution in [1.82, 2.24) is 0 Å². The van der Waals surface area contributed by atoms with Gasteiger partial charge in [-0.15, -0.1) is 11.3 Å². The lowest BCUT2D eigenvalue weighted by Crippen LogP contribution is -2.14. The van der Waals surface area contributed by atoms with Gasteiger partial charge in [-0.05, 0) is 29.7 Å². The summed E-state index contributed by atoms with van der Waals surface area (Å²) in [6, 6.07) is 15.9. The minimum absolute atomic E-state index is 0.276. The van der Waals surface area contributed by atoms with Gasteiger partial charge >= 0.3 is 0 Å². The number of nitrogens with one attached hydrogen (secondary N) is 2. The van der Waals surface area contributed by atoms with E-state index < -0.39 is 0 Å². The number of anilines is 2. The first-order chi connectivity index (χ1) is 14.1. The predicted molar refractivity (Wildman–Crippen MR) is 116 cm³/mol. The second kappa shape index (κ2) is 9.57. The van der Waals surface area contributed by atoms with Crippen LogP contribution in [0.3, 0.4) is 0 Å². The third kappa shape index (κ3) is 5.24. The van der Waals surface area contributed by atoms with Gasteiger partial charge in [0.05, 0.1) is 25.6 Å². The molecule has 0 spiro atoms. The fraction of sp³-hybridized carbons (Fsp3) is 0.0909. The summed E-state index contributed by atoms with van der Waals surface area (Å²) >= 11 is 1.54. The smallest absolute Gasteiger partial charge is 0.255 e. The first kappa shape index (κ1) is 20.2. The van der Waals surface area contributed by atoms with Crippen molar-refractivity contribution in [3.8, 4) is 11.5 Å². The Morgan fingerprint density at radius 2 is 1.55 bits per heavy atom. The molecular formula is C22H20N2O4S. The summed E-state index contributed by atoms with van der Waals surface area (Å²) in [6.45, 7) is 0. The van der Waals surface area contributed by atoms with Gasteiger partial charge in [0, 0.05) is 28.6 Å². The first-order valence-corrected chi connectivity index (χ1v) is 9.63. The van der Waals surface area contributed by atoms with Crippen LogP contribution in [0.15, 0.2) is 66.1 Å². The maximum atomic E-state index is 12.5. The van der Waals surface area contributed by atoms with Gasteiger partial charge in [0.1, 0.15) is 11.5 Å². The summed E-state index contributed by atoms with van der Waals surface area (Å²) in [5.74, 6) is 0.209.